The van der Waals surface area contributed by atoms with Gasteiger partial charge in [0.05, 0.1) is 12.3 Å². The van der Waals surface area contributed by atoms with E-state index in [0.29, 0.717) is 6.54 Å². The zero-order chi connectivity index (χ0) is 9.84. The zero-order valence-electron chi connectivity index (χ0n) is 8.29. The number of nitrogens with one attached hydrogen (secondary N) is 1. The molecule has 2 N–H and O–H groups in total. The van der Waals surface area contributed by atoms with Gasteiger partial charge < -0.3 is 14.9 Å². The number of aromatic nitrogens is 1. The number of rotatable bonds is 4. The Balaban J connectivity index is 2.69. The van der Waals surface area contributed by atoms with Gasteiger partial charge in [-0.3, -0.25) is 0 Å². The highest BCUT2D eigenvalue weighted by Crippen LogP contribution is 2.20. The third-order valence-electron chi connectivity index (χ3n) is 2.08. The van der Waals surface area contributed by atoms with Crippen molar-refractivity contribution in [3.8, 4) is 0 Å². The van der Waals surface area contributed by atoms with Crippen LogP contribution in [0.25, 0.3) is 0 Å². The van der Waals surface area contributed by atoms with E-state index in [-0.39, 0.29) is 12.6 Å². The van der Waals surface area contributed by atoms with Gasteiger partial charge in [0.15, 0.2) is 0 Å². The van der Waals surface area contributed by atoms with E-state index in [2.05, 4.69) is 10.5 Å². The van der Waals surface area contributed by atoms with Crippen molar-refractivity contribution in [2.45, 2.75) is 26.8 Å². The highest BCUT2D eigenvalue weighted by Gasteiger charge is 2.14. The molecule has 0 aliphatic carbocycles. The molecule has 0 aromatic carbocycles. The lowest BCUT2D eigenvalue weighted by molar-refractivity contribution is 0.286. The fraction of sp³-hybridized carbons (Fsp3) is 0.667. The molecule has 0 fully saturated rings. The van der Waals surface area contributed by atoms with Crippen molar-refractivity contribution < 1.29 is 9.63 Å². The molecule has 4 nitrogen and oxygen atoms in total. The van der Waals surface area contributed by atoms with Crippen molar-refractivity contribution in [3.05, 3.63) is 17.0 Å². The molecule has 13 heavy (non-hydrogen) atoms. The fourth-order valence-corrected chi connectivity index (χ4v) is 1.49. The van der Waals surface area contributed by atoms with Gasteiger partial charge in [0.2, 0.25) is 0 Å². The molecule has 1 atom stereocenters. The second kappa shape index (κ2) is 4.39. The fourth-order valence-electron chi connectivity index (χ4n) is 1.49. The molecule has 0 amide bonds. The molecule has 1 unspecified atom stereocenters. The maximum Gasteiger partial charge on any atom is 0.138 e. The van der Waals surface area contributed by atoms with Crippen molar-refractivity contribution in [2.24, 2.45) is 0 Å². The van der Waals surface area contributed by atoms with Crippen LogP contribution in [0.1, 0.15) is 30.0 Å². The van der Waals surface area contributed by atoms with Crippen LogP contribution in [-0.2, 0) is 0 Å². The third kappa shape index (κ3) is 2.29. The Kier molecular flexibility index (Phi) is 3.45. The van der Waals surface area contributed by atoms with Crippen molar-refractivity contribution >= 4 is 0 Å². The van der Waals surface area contributed by atoms with E-state index in [4.69, 9.17) is 9.63 Å². The first-order valence-electron chi connectivity index (χ1n) is 4.43. The largest absolute Gasteiger partial charge is 0.395 e. The van der Waals surface area contributed by atoms with E-state index in [1.807, 2.05) is 20.8 Å². The molecule has 0 saturated carbocycles. The summed E-state index contributed by atoms with van der Waals surface area (Å²) in [7, 11) is 0. The lowest BCUT2D eigenvalue weighted by atomic mass is 10.1. The van der Waals surface area contributed by atoms with Crippen LogP contribution in [0.3, 0.4) is 0 Å². The molecule has 1 aromatic rings. The topological polar surface area (TPSA) is 58.3 Å². The molecule has 1 heterocycles. The van der Waals surface area contributed by atoms with Crippen LogP contribution >= 0.6 is 0 Å². The molecule has 0 bridgehead atoms. The quantitative estimate of drug-likeness (QED) is 0.731. The van der Waals surface area contributed by atoms with Crippen molar-refractivity contribution in [2.75, 3.05) is 13.2 Å². The lowest BCUT2D eigenvalue weighted by Gasteiger charge is -2.11. The lowest BCUT2D eigenvalue weighted by Crippen LogP contribution is -2.22. The number of aryl methyl sites for hydroxylation is 2. The van der Waals surface area contributed by atoms with E-state index < -0.39 is 0 Å². The molecular weight excluding hydrogens is 168 g/mol. The monoisotopic (exact) mass is 184 g/mol. The number of aliphatic hydroxyl groups is 1. The Labute approximate surface area is 77.9 Å². The van der Waals surface area contributed by atoms with Gasteiger partial charge in [-0.05, 0) is 20.8 Å². The molecular formula is C9H16N2O2. The predicted molar refractivity (Wildman–Crippen MR) is 49.5 cm³/mol. The second-order valence-electron chi connectivity index (χ2n) is 3.14. The minimum atomic E-state index is 0.147. The molecule has 0 saturated heterocycles. The van der Waals surface area contributed by atoms with Crippen molar-refractivity contribution in [1.29, 1.82) is 0 Å². The molecule has 1 rings (SSSR count). The zero-order valence-corrected chi connectivity index (χ0v) is 8.29. The second-order valence-corrected chi connectivity index (χ2v) is 3.14. The van der Waals surface area contributed by atoms with E-state index in [9.17, 15) is 0 Å². The van der Waals surface area contributed by atoms with Crippen LogP contribution in [0.2, 0.25) is 0 Å². The van der Waals surface area contributed by atoms with E-state index >= 15 is 0 Å². The van der Waals surface area contributed by atoms with Gasteiger partial charge >= 0.3 is 0 Å². The van der Waals surface area contributed by atoms with Gasteiger partial charge in [0, 0.05) is 18.2 Å². The Hall–Kier alpha value is -0.870. The summed E-state index contributed by atoms with van der Waals surface area (Å²) >= 11 is 0. The highest BCUT2D eigenvalue weighted by molar-refractivity contribution is 5.24. The number of hydrogen-bond acceptors (Lipinski definition) is 4. The van der Waals surface area contributed by atoms with Gasteiger partial charge in [-0.25, -0.2) is 0 Å². The normalized spacial score (nSPS) is 13.2. The van der Waals surface area contributed by atoms with E-state index in [0.717, 1.165) is 17.0 Å². The summed E-state index contributed by atoms with van der Waals surface area (Å²) in [5.74, 6) is 0.843. The number of aliphatic hydroxyl groups excluding tert-OH is 1. The SMILES string of the molecule is Cc1noc(C)c1C(C)NCCO. The van der Waals surface area contributed by atoms with Crippen LogP contribution in [0, 0.1) is 13.8 Å². The predicted octanol–water partition coefficient (Wildman–Crippen LogP) is 0.934. The molecule has 0 spiro atoms. The average molecular weight is 184 g/mol. The molecule has 0 aliphatic heterocycles. The first kappa shape index (κ1) is 10.2. The van der Waals surface area contributed by atoms with Crippen LogP contribution in [-0.4, -0.2) is 23.4 Å². The molecule has 0 radical (unpaired) electrons. The Bertz CT molecular complexity index is 251. The van der Waals surface area contributed by atoms with E-state index in [1.165, 1.54) is 0 Å². The molecule has 0 aliphatic rings. The first-order valence-corrected chi connectivity index (χ1v) is 4.43. The summed E-state index contributed by atoms with van der Waals surface area (Å²) in [6.07, 6.45) is 0. The average Bonchev–Trinajstić information content (AvgIpc) is 2.42. The molecule has 4 heteroatoms. The number of nitrogens with zero attached hydrogens (tertiary/aromatic N) is 1. The maximum absolute atomic E-state index is 8.65. The van der Waals surface area contributed by atoms with Gasteiger partial charge in [-0.1, -0.05) is 5.16 Å². The Morgan fingerprint density at radius 2 is 2.23 bits per heavy atom. The summed E-state index contributed by atoms with van der Waals surface area (Å²) in [6, 6.07) is 0.179. The van der Waals surface area contributed by atoms with Gasteiger partial charge in [-0.2, -0.15) is 0 Å². The third-order valence-corrected chi connectivity index (χ3v) is 2.08. The highest BCUT2D eigenvalue weighted by atomic mass is 16.5. The number of hydrogen-bond donors (Lipinski definition) is 2. The van der Waals surface area contributed by atoms with Gasteiger partial charge in [0.25, 0.3) is 0 Å². The van der Waals surface area contributed by atoms with Gasteiger partial charge in [-0.15, -0.1) is 0 Å². The van der Waals surface area contributed by atoms with Crippen molar-refractivity contribution in [1.82, 2.24) is 10.5 Å². The standard InChI is InChI=1S/C9H16N2O2/c1-6(10-4-5-12)9-7(2)11-13-8(9)3/h6,10,12H,4-5H2,1-3H3. The van der Waals surface area contributed by atoms with Crippen LogP contribution < -0.4 is 5.32 Å². The first-order chi connectivity index (χ1) is 6.16. The summed E-state index contributed by atoms with van der Waals surface area (Å²) < 4.78 is 5.04. The smallest absolute Gasteiger partial charge is 0.138 e. The van der Waals surface area contributed by atoms with Crippen LogP contribution in [0.5, 0.6) is 0 Å². The molecule has 74 valence electrons. The summed E-state index contributed by atoms with van der Waals surface area (Å²) in [5.41, 5.74) is 2.00. The molecule has 1 aromatic heterocycles. The van der Waals surface area contributed by atoms with Crippen LogP contribution in [0.4, 0.5) is 0 Å². The maximum atomic E-state index is 8.65. The summed E-state index contributed by atoms with van der Waals surface area (Å²) in [6.45, 7) is 6.58. The minimum Gasteiger partial charge on any atom is -0.395 e. The summed E-state index contributed by atoms with van der Waals surface area (Å²) in [5, 5.41) is 15.7. The van der Waals surface area contributed by atoms with E-state index in [1.54, 1.807) is 0 Å². The minimum absolute atomic E-state index is 0.147. The Morgan fingerprint density at radius 3 is 2.69 bits per heavy atom. The van der Waals surface area contributed by atoms with Crippen molar-refractivity contribution in [3.63, 3.8) is 0 Å². The van der Waals surface area contributed by atoms with Gasteiger partial charge in [0.1, 0.15) is 5.76 Å². The summed E-state index contributed by atoms with van der Waals surface area (Å²) in [4.78, 5) is 0. The Morgan fingerprint density at radius 1 is 1.54 bits per heavy atom. The van der Waals surface area contributed by atoms with Crippen LogP contribution in [0.15, 0.2) is 4.52 Å².